The molecule has 1 aliphatic heterocycles. The van der Waals surface area contributed by atoms with Gasteiger partial charge in [-0.3, -0.25) is 4.90 Å². The van der Waals surface area contributed by atoms with E-state index in [1.165, 1.54) is 5.69 Å². The number of aromatic nitrogens is 1. The van der Waals surface area contributed by atoms with E-state index in [0.29, 0.717) is 12.1 Å². The second kappa shape index (κ2) is 6.73. The van der Waals surface area contributed by atoms with Crippen LogP contribution in [0.15, 0.2) is 18.3 Å². The molecule has 1 amide bonds. The zero-order valence-corrected chi connectivity index (χ0v) is 14.4. The lowest BCUT2D eigenvalue weighted by Gasteiger charge is -2.40. The fraction of sp³-hybridized carbons (Fsp3) is 0.706. The zero-order chi connectivity index (χ0) is 16.3. The van der Waals surface area contributed by atoms with Gasteiger partial charge in [0.2, 0.25) is 0 Å². The first-order valence-corrected chi connectivity index (χ1v) is 8.11. The number of ether oxygens (including phenoxy) is 1. The molecular weight excluding hydrogens is 278 g/mol. The van der Waals surface area contributed by atoms with Crippen LogP contribution in [0.1, 0.15) is 52.3 Å². The second-order valence-electron chi connectivity index (χ2n) is 7.19. The molecule has 2 atom stereocenters. The number of nitrogens with one attached hydrogen (secondary N) is 1. The van der Waals surface area contributed by atoms with Crippen LogP contribution in [0.25, 0.3) is 0 Å². The summed E-state index contributed by atoms with van der Waals surface area (Å²) in [4.78, 5) is 19.7. The van der Waals surface area contributed by atoms with Gasteiger partial charge in [0, 0.05) is 37.1 Å². The summed E-state index contributed by atoms with van der Waals surface area (Å²) < 4.78 is 5.50. The number of carbonyl (C=O) groups is 1. The Kier molecular flexibility index (Phi) is 5.16. The van der Waals surface area contributed by atoms with Gasteiger partial charge >= 0.3 is 6.09 Å². The average Bonchev–Trinajstić information content (AvgIpc) is 2.98. The number of likely N-dealkylation sites (tertiary alicyclic amines) is 1. The van der Waals surface area contributed by atoms with Crippen LogP contribution in [-0.2, 0) is 4.74 Å². The standard InChI is InChI=1S/C17H29N3O2/c1-13(15-9-6-10-18-15)19(5)14-8-7-11-20(12-14)16(21)22-17(2,3)4/h6,9-10,13-14,18H,7-8,11-12H2,1-5H3/t13-,14+/m1/s1. The van der Waals surface area contributed by atoms with Crippen LogP contribution in [0.3, 0.4) is 0 Å². The van der Waals surface area contributed by atoms with E-state index in [2.05, 4.69) is 29.9 Å². The molecule has 0 spiro atoms. The molecule has 0 bridgehead atoms. The van der Waals surface area contributed by atoms with Crippen LogP contribution in [0, 0.1) is 0 Å². The number of aromatic amines is 1. The fourth-order valence-corrected chi connectivity index (χ4v) is 2.92. The molecule has 124 valence electrons. The van der Waals surface area contributed by atoms with Gasteiger partial charge in [-0.1, -0.05) is 0 Å². The van der Waals surface area contributed by atoms with Crippen molar-refractivity contribution in [1.82, 2.24) is 14.8 Å². The Morgan fingerprint density at radius 3 is 2.82 bits per heavy atom. The smallest absolute Gasteiger partial charge is 0.410 e. The minimum atomic E-state index is -0.437. The first kappa shape index (κ1) is 16.9. The number of rotatable bonds is 3. The van der Waals surface area contributed by atoms with Crippen molar-refractivity contribution in [3.05, 3.63) is 24.0 Å². The van der Waals surface area contributed by atoms with Crippen LogP contribution < -0.4 is 0 Å². The van der Waals surface area contributed by atoms with Crippen molar-refractivity contribution in [3.8, 4) is 0 Å². The van der Waals surface area contributed by atoms with Crippen molar-refractivity contribution < 1.29 is 9.53 Å². The minimum Gasteiger partial charge on any atom is -0.444 e. The Balaban J connectivity index is 1.96. The SMILES string of the molecule is C[C@H](c1ccc[nH]1)N(C)[C@H]1CCCN(C(=O)OC(C)(C)C)C1. The number of hydrogen-bond donors (Lipinski definition) is 1. The van der Waals surface area contributed by atoms with Crippen molar-refractivity contribution in [2.75, 3.05) is 20.1 Å². The molecule has 22 heavy (non-hydrogen) atoms. The molecule has 5 nitrogen and oxygen atoms in total. The normalized spacial score (nSPS) is 21.0. The molecule has 0 unspecified atom stereocenters. The monoisotopic (exact) mass is 307 g/mol. The number of likely N-dealkylation sites (N-methyl/N-ethyl adjacent to an activating group) is 1. The van der Waals surface area contributed by atoms with Gasteiger partial charge in [-0.05, 0) is 59.7 Å². The van der Waals surface area contributed by atoms with Gasteiger partial charge in [-0.2, -0.15) is 0 Å². The molecule has 1 aromatic heterocycles. The largest absolute Gasteiger partial charge is 0.444 e. The van der Waals surface area contributed by atoms with E-state index >= 15 is 0 Å². The third-order valence-corrected chi connectivity index (χ3v) is 4.31. The summed E-state index contributed by atoms with van der Waals surface area (Å²) >= 11 is 0. The highest BCUT2D eigenvalue weighted by molar-refractivity contribution is 5.68. The van der Waals surface area contributed by atoms with Gasteiger partial charge in [0.15, 0.2) is 0 Å². The van der Waals surface area contributed by atoms with E-state index < -0.39 is 5.60 Å². The lowest BCUT2D eigenvalue weighted by molar-refractivity contribution is 0.00961. The Bertz CT molecular complexity index is 479. The van der Waals surface area contributed by atoms with Gasteiger partial charge < -0.3 is 14.6 Å². The molecule has 1 fully saturated rings. The van der Waals surface area contributed by atoms with Crippen molar-refractivity contribution in [1.29, 1.82) is 0 Å². The minimum absolute atomic E-state index is 0.196. The summed E-state index contributed by atoms with van der Waals surface area (Å²) in [6.45, 7) is 9.44. The van der Waals surface area contributed by atoms with Crippen LogP contribution in [-0.4, -0.2) is 52.7 Å². The maximum atomic E-state index is 12.3. The summed E-state index contributed by atoms with van der Waals surface area (Å²) in [7, 11) is 2.13. The fourth-order valence-electron chi connectivity index (χ4n) is 2.92. The molecule has 1 saturated heterocycles. The first-order valence-electron chi connectivity index (χ1n) is 8.11. The van der Waals surface area contributed by atoms with Crippen LogP contribution in [0.4, 0.5) is 4.79 Å². The molecule has 0 aromatic carbocycles. The summed E-state index contributed by atoms with van der Waals surface area (Å²) in [6, 6.07) is 4.79. The third-order valence-electron chi connectivity index (χ3n) is 4.31. The lowest BCUT2D eigenvalue weighted by Crippen LogP contribution is -2.50. The Morgan fingerprint density at radius 2 is 2.23 bits per heavy atom. The van der Waals surface area contributed by atoms with E-state index in [1.54, 1.807) is 0 Å². The molecule has 0 radical (unpaired) electrons. The van der Waals surface area contributed by atoms with Gasteiger partial charge in [0.05, 0.1) is 0 Å². The highest BCUT2D eigenvalue weighted by Gasteiger charge is 2.31. The number of carbonyl (C=O) groups excluding carboxylic acids is 1. The van der Waals surface area contributed by atoms with Gasteiger partial charge in [-0.15, -0.1) is 0 Å². The van der Waals surface area contributed by atoms with E-state index in [9.17, 15) is 4.79 Å². The summed E-state index contributed by atoms with van der Waals surface area (Å²) in [5.41, 5.74) is 0.768. The van der Waals surface area contributed by atoms with E-state index in [0.717, 1.165) is 25.9 Å². The van der Waals surface area contributed by atoms with Crippen LogP contribution in [0.5, 0.6) is 0 Å². The zero-order valence-electron chi connectivity index (χ0n) is 14.4. The first-order chi connectivity index (χ1) is 10.3. The summed E-state index contributed by atoms with van der Waals surface area (Å²) in [5, 5.41) is 0. The molecule has 1 N–H and O–H groups in total. The summed E-state index contributed by atoms with van der Waals surface area (Å²) in [6.07, 6.45) is 3.89. The predicted molar refractivity (Wildman–Crippen MR) is 87.8 cm³/mol. The molecule has 0 aliphatic carbocycles. The number of hydrogen-bond acceptors (Lipinski definition) is 3. The summed E-state index contributed by atoms with van der Waals surface area (Å²) in [5.74, 6) is 0. The van der Waals surface area contributed by atoms with E-state index in [4.69, 9.17) is 4.74 Å². The van der Waals surface area contributed by atoms with Crippen LogP contribution >= 0.6 is 0 Å². The maximum Gasteiger partial charge on any atom is 0.410 e. The van der Waals surface area contributed by atoms with Gasteiger partial charge in [0.25, 0.3) is 0 Å². The quantitative estimate of drug-likeness (QED) is 0.931. The molecular formula is C17H29N3O2. The molecule has 0 saturated carbocycles. The highest BCUT2D eigenvalue weighted by atomic mass is 16.6. The predicted octanol–water partition coefficient (Wildman–Crippen LogP) is 3.41. The van der Waals surface area contributed by atoms with Crippen molar-refractivity contribution in [3.63, 3.8) is 0 Å². The molecule has 1 aliphatic rings. The van der Waals surface area contributed by atoms with E-state index in [1.807, 2.05) is 37.9 Å². The second-order valence-corrected chi connectivity index (χ2v) is 7.19. The number of nitrogens with zero attached hydrogens (tertiary/aromatic N) is 2. The maximum absolute atomic E-state index is 12.3. The lowest BCUT2D eigenvalue weighted by atomic mass is 10.0. The van der Waals surface area contributed by atoms with Gasteiger partial charge in [-0.25, -0.2) is 4.79 Å². The van der Waals surface area contributed by atoms with Crippen molar-refractivity contribution in [2.45, 2.75) is 58.2 Å². The molecule has 5 heteroatoms. The Morgan fingerprint density at radius 1 is 1.50 bits per heavy atom. The average molecular weight is 307 g/mol. The molecule has 2 heterocycles. The highest BCUT2D eigenvalue weighted by Crippen LogP contribution is 2.25. The third kappa shape index (κ3) is 4.26. The Labute approximate surface area is 133 Å². The number of piperidine rings is 1. The number of amides is 1. The van der Waals surface area contributed by atoms with Crippen molar-refractivity contribution >= 4 is 6.09 Å². The molecule has 1 aromatic rings. The Hall–Kier alpha value is -1.49. The van der Waals surface area contributed by atoms with Gasteiger partial charge in [0.1, 0.15) is 5.60 Å². The van der Waals surface area contributed by atoms with E-state index in [-0.39, 0.29) is 6.09 Å². The topological polar surface area (TPSA) is 48.6 Å². The number of H-pyrrole nitrogens is 1. The van der Waals surface area contributed by atoms with Crippen LogP contribution in [0.2, 0.25) is 0 Å². The van der Waals surface area contributed by atoms with Crippen molar-refractivity contribution in [2.24, 2.45) is 0 Å². The molecule has 2 rings (SSSR count).